The summed E-state index contributed by atoms with van der Waals surface area (Å²) in [5, 5.41) is 13.4. The van der Waals surface area contributed by atoms with Gasteiger partial charge in [-0.2, -0.15) is 5.10 Å². The van der Waals surface area contributed by atoms with E-state index in [1.165, 1.54) is 24.8 Å². The second kappa shape index (κ2) is 16.8. The van der Waals surface area contributed by atoms with Crippen molar-refractivity contribution in [1.29, 1.82) is 0 Å². The second-order valence-corrected chi connectivity index (χ2v) is 15.1. The van der Waals surface area contributed by atoms with E-state index in [-0.39, 0.29) is 24.3 Å². The maximum Gasteiger partial charge on any atom is 0.329 e. The first kappa shape index (κ1) is 37.6. The molecule has 0 aliphatic carbocycles. The van der Waals surface area contributed by atoms with Crippen molar-refractivity contribution >= 4 is 51.0 Å². The highest BCUT2D eigenvalue weighted by molar-refractivity contribution is 6.09. The summed E-state index contributed by atoms with van der Waals surface area (Å²) >= 11 is 0. The van der Waals surface area contributed by atoms with Gasteiger partial charge in [-0.3, -0.25) is 24.5 Å². The van der Waals surface area contributed by atoms with E-state index in [2.05, 4.69) is 68.9 Å². The van der Waals surface area contributed by atoms with Crippen LogP contribution in [-0.2, 0) is 18.3 Å². The van der Waals surface area contributed by atoms with Gasteiger partial charge in [-0.05, 0) is 117 Å². The van der Waals surface area contributed by atoms with Crippen molar-refractivity contribution in [1.82, 2.24) is 25.3 Å². The molecule has 4 N–H and O–H groups in total. The first-order valence-electron chi connectivity index (χ1n) is 19.6. The van der Waals surface area contributed by atoms with Crippen LogP contribution in [0.4, 0.5) is 16.3 Å². The molecular weight excluding hydrogens is 687 g/mol. The van der Waals surface area contributed by atoms with E-state index >= 15 is 0 Å². The number of benzene rings is 4. The van der Waals surface area contributed by atoms with E-state index in [1.54, 1.807) is 11.0 Å². The van der Waals surface area contributed by atoms with E-state index in [1.807, 2.05) is 55.9 Å². The van der Waals surface area contributed by atoms with Crippen LogP contribution in [0.1, 0.15) is 90.5 Å². The van der Waals surface area contributed by atoms with Crippen molar-refractivity contribution in [3.63, 3.8) is 0 Å². The number of nitrogens with one attached hydrogen (secondary N) is 2. The van der Waals surface area contributed by atoms with Crippen LogP contribution in [0.25, 0.3) is 21.7 Å². The van der Waals surface area contributed by atoms with Crippen LogP contribution in [0, 0.1) is 24.7 Å². The number of carbonyl (C=O) groups is 3. The van der Waals surface area contributed by atoms with E-state index in [0.717, 1.165) is 83.7 Å². The lowest BCUT2D eigenvalue weighted by molar-refractivity contribution is -0.120. The predicted octanol–water partition coefficient (Wildman–Crippen LogP) is 7.42. The van der Waals surface area contributed by atoms with Crippen molar-refractivity contribution < 1.29 is 14.4 Å². The summed E-state index contributed by atoms with van der Waals surface area (Å²) in [6.45, 7) is 7.57. The number of piperidine rings is 1. The first-order valence-corrected chi connectivity index (χ1v) is 19.6. The lowest BCUT2D eigenvalue weighted by Gasteiger charge is -2.29. The fourth-order valence-corrected chi connectivity index (χ4v) is 8.10. The third-order valence-electron chi connectivity index (χ3n) is 11.2. The zero-order valence-corrected chi connectivity index (χ0v) is 32.2. The van der Waals surface area contributed by atoms with Crippen LogP contribution in [-0.4, -0.2) is 58.7 Å². The molecule has 4 amide bonds. The Balaban J connectivity index is 0.870. The summed E-state index contributed by atoms with van der Waals surface area (Å²) in [7, 11) is 1.92. The Hall–Kier alpha value is -5.66. The summed E-state index contributed by atoms with van der Waals surface area (Å²) in [6.07, 6.45) is 8.06. The maximum absolute atomic E-state index is 13.1. The van der Waals surface area contributed by atoms with Gasteiger partial charge in [0.15, 0.2) is 5.82 Å². The highest BCUT2D eigenvalue weighted by Crippen LogP contribution is 2.31. The van der Waals surface area contributed by atoms with Gasteiger partial charge < -0.3 is 16.0 Å². The largest absolute Gasteiger partial charge is 0.399 e. The van der Waals surface area contributed by atoms with Crippen LogP contribution in [0.2, 0.25) is 0 Å². The summed E-state index contributed by atoms with van der Waals surface area (Å²) in [6, 6.07) is 23.6. The number of urea groups is 1. The predicted molar refractivity (Wildman–Crippen MR) is 220 cm³/mol. The number of carbonyl (C=O) groups excluding carboxylic acids is 3. The molecule has 0 bridgehead atoms. The molecule has 0 saturated carbocycles. The van der Waals surface area contributed by atoms with Crippen molar-refractivity contribution in [2.75, 3.05) is 36.8 Å². The summed E-state index contributed by atoms with van der Waals surface area (Å²) < 4.78 is 1.87. The molecule has 1 atom stereocenters. The Kier molecular flexibility index (Phi) is 11.5. The molecule has 4 aromatic carbocycles. The Morgan fingerprint density at radius 1 is 0.945 bits per heavy atom. The number of aryl methyl sites for hydroxylation is 3. The Bertz CT molecular complexity index is 2290. The smallest absolute Gasteiger partial charge is 0.329 e. The zero-order valence-electron chi connectivity index (χ0n) is 32.2. The molecule has 7 rings (SSSR count). The number of unbranched alkanes of at least 4 members (excludes halogenated alkanes) is 3. The van der Waals surface area contributed by atoms with Gasteiger partial charge in [0.25, 0.3) is 5.91 Å². The number of rotatable bonds is 11. The number of fused-ring (bicyclic) bond motifs is 2. The monoisotopic (exact) mass is 737 g/mol. The highest BCUT2D eigenvalue weighted by atomic mass is 16.2. The molecule has 2 aliphatic heterocycles. The van der Waals surface area contributed by atoms with E-state index in [9.17, 15) is 14.4 Å². The minimum atomic E-state index is -0.407. The molecule has 55 heavy (non-hydrogen) atoms. The van der Waals surface area contributed by atoms with Gasteiger partial charge >= 0.3 is 6.03 Å². The lowest BCUT2D eigenvalue weighted by atomic mass is 9.94. The number of nitrogen functional groups attached to an aromatic ring is 1. The zero-order chi connectivity index (χ0) is 38.5. The van der Waals surface area contributed by atoms with Gasteiger partial charge in [-0.25, -0.2) is 4.79 Å². The number of hydrogen-bond acceptors (Lipinski definition) is 6. The van der Waals surface area contributed by atoms with Gasteiger partial charge in [-0.15, -0.1) is 0 Å². The summed E-state index contributed by atoms with van der Waals surface area (Å²) in [5.74, 6) is 7.76. The van der Waals surface area contributed by atoms with Crippen molar-refractivity contribution in [3.8, 4) is 11.8 Å². The molecule has 10 heteroatoms. The number of amides is 4. The van der Waals surface area contributed by atoms with Gasteiger partial charge in [0.2, 0.25) is 5.91 Å². The van der Waals surface area contributed by atoms with Crippen LogP contribution in [0.3, 0.4) is 0 Å². The Labute approximate surface area is 323 Å². The van der Waals surface area contributed by atoms with Crippen LogP contribution >= 0.6 is 0 Å². The molecule has 0 spiro atoms. The fraction of sp³-hybridized carbons (Fsp3) is 0.378. The van der Waals surface area contributed by atoms with Crippen LogP contribution in [0.5, 0.6) is 0 Å². The number of imide groups is 1. The molecule has 2 fully saturated rings. The molecule has 0 unspecified atom stereocenters. The molecule has 284 valence electrons. The molecule has 0 radical (unpaired) electrons. The van der Waals surface area contributed by atoms with E-state index in [0.29, 0.717) is 29.5 Å². The first-order chi connectivity index (χ1) is 26.7. The normalized spacial score (nSPS) is 15.9. The standard InChI is InChI=1S/C45H51N7O3/c1-30-16-20-35(46)29-40(30)44(54)47-31(2)36-21-19-33(37-13-7-8-14-38(36)37)18-17-32-22-26-51(27-23-32)25-9-5-4-6-11-34-12-10-15-39-42(34)50(3)49-43(39)52-28-24-41(53)48-45(52)55/h7-8,10,12-16,19-21,29,31-32H,4-6,9,11,22-28,46H2,1-3H3,(H,47,54)(H,48,53,55)/t31-/m1/s1. The minimum Gasteiger partial charge on any atom is -0.399 e. The summed E-state index contributed by atoms with van der Waals surface area (Å²) in [5.41, 5.74) is 12.4. The van der Waals surface area contributed by atoms with Crippen molar-refractivity contribution in [2.45, 2.75) is 71.3 Å². The van der Waals surface area contributed by atoms with Crippen molar-refractivity contribution in [2.24, 2.45) is 13.0 Å². The van der Waals surface area contributed by atoms with Crippen LogP contribution in [0.15, 0.2) is 72.8 Å². The van der Waals surface area contributed by atoms with Gasteiger partial charge in [0.05, 0.1) is 11.6 Å². The average molecular weight is 738 g/mol. The molecule has 3 heterocycles. The number of para-hydroxylation sites is 1. The fourth-order valence-electron chi connectivity index (χ4n) is 8.10. The molecular formula is C45H51N7O3. The number of nitrogens with two attached hydrogens (primary N) is 1. The number of aromatic nitrogens is 2. The van der Waals surface area contributed by atoms with E-state index in [4.69, 9.17) is 5.73 Å². The van der Waals surface area contributed by atoms with Gasteiger partial charge in [0, 0.05) is 48.1 Å². The highest BCUT2D eigenvalue weighted by Gasteiger charge is 2.28. The van der Waals surface area contributed by atoms with E-state index < -0.39 is 6.03 Å². The molecule has 1 aromatic heterocycles. The Morgan fingerprint density at radius 3 is 2.51 bits per heavy atom. The Morgan fingerprint density at radius 2 is 1.71 bits per heavy atom. The quantitative estimate of drug-likeness (QED) is 0.0737. The van der Waals surface area contributed by atoms with Crippen LogP contribution < -0.4 is 21.3 Å². The SMILES string of the molecule is Cc1ccc(N)cc1C(=O)N[C@H](C)c1ccc(C#CC2CCN(CCCCCCc3cccc4c(N5CCC(=O)NC5=O)nn(C)c34)CC2)c2ccccc12. The van der Waals surface area contributed by atoms with Crippen molar-refractivity contribution in [3.05, 3.63) is 101 Å². The molecule has 5 aromatic rings. The number of hydrogen-bond donors (Lipinski definition) is 3. The summed E-state index contributed by atoms with van der Waals surface area (Å²) in [4.78, 5) is 41.4. The topological polar surface area (TPSA) is 126 Å². The molecule has 10 nitrogen and oxygen atoms in total. The van der Waals surface area contributed by atoms with Gasteiger partial charge in [-0.1, -0.05) is 73.2 Å². The maximum atomic E-state index is 13.1. The molecule has 2 aliphatic rings. The second-order valence-electron chi connectivity index (χ2n) is 15.1. The number of nitrogens with zero attached hydrogens (tertiary/aromatic N) is 4. The minimum absolute atomic E-state index is 0.130. The third-order valence-corrected chi connectivity index (χ3v) is 11.2. The number of anilines is 2. The van der Waals surface area contributed by atoms with Gasteiger partial charge in [0.1, 0.15) is 0 Å². The average Bonchev–Trinajstić information content (AvgIpc) is 3.52. The third kappa shape index (κ3) is 8.53. The number of likely N-dealkylation sites (tertiary alicyclic amines) is 1. The molecule has 2 saturated heterocycles. The lowest BCUT2D eigenvalue weighted by Crippen LogP contribution is -2.49.